The Labute approximate surface area is 191 Å². The zero-order valence-electron chi connectivity index (χ0n) is 19.5. The van der Waals surface area contributed by atoms with Gasteiger partial charge in [-0.05, 0) is 57.3 Å². The topological polar surface area (TPSA) is 71.5 Å². The summed E-state index contributed by atoms with van der Waals surface area (Å²) in [6.45, 7) is 4.21. The number of likely N-dealkylation sites (tertiary alicyclic amines) is 1. The highest BCUT2D eigenvalue weighted by molar-refractivity contribution is 5.60. The monoisotopic (exact) mass is 439 g/mol. The summed E-state index contributed by atoms with van der Waals surface area (Å²) in [6.07, 6.45) is 9.96. The Hall–Kier alpha value is -2.54. The van der Waals surface area contributed by atoms with Crippen molar-refractivity contribution in [3.05, 3.63) is 30.0 Å². The predicted molar refractivity (Wildman–Crippen MR) is 129 cm³/mol. The highest BCUT2D eigenvalue weighted by atomic mass is 16.5. The Morgan fingerprint density at radius 1 is 1.00 bits per heavy atom. The largest absolute Gasteiger partial charge is 0.493 e. The van der Waals surface area contributed by atoms with Crippen LogP contribution in [-0.2, 0) is 0 Å². The van der Waals surface area contributed by atoms with Crippen LogP contribution in [0.25, 0.3) is 0 Å². The standard InChI is InChI=1S/C25H37N5O2/c1-26-24-18-21(19-9-4-3-5-10-19)28-25(29-24)27-20-11-12-22(31-2)23(17-20)32-16-8-15-30-13-6-7-14-30/h11-12,17-19H,3-10,13-16H2,1-2H3,(H2,26,27,28,29). The first-order chi connectivity index (χ1) is 15.7. The van der Waals surface area contributed by atoms with Gasteiger partial charge in [-0.2, -0.15) is 4.98 Å². The molecule has 1 aliphatic carbocycles. The number of ether oxygens (including phenoxy) is 2. The summed E-state index contributed by atoms with van der Waals surface area (Å²) in [4.78, 5) is 12.0. The number of hydrogen-bond acceptors (Lipinski definition) is 7. The molecule has 2 N–H and O–H groups in total. The molecule has 0 atom stereocenters. The number of nitrogens with one attached hydrogen (secondary N) is 2. The zero-order chi connectivity index (χ0) is 22.2. The molecule has 4 rings (SSSR count). The van der Waals surface area contributed by atoms with Gasteiger partial charge in [0.2, 0.25) is 5.95 Å². The van der Waals surface area contributed by atoms with Gasteiger partial charge in [0.15, 0.2) is 11.5 Å². The number of benzene rings is 1. The first-order valence-electron chi connectivity index (χ1n) is 12.1. The second kappa shape index (κ2) is 11.4. The minimum absolute atomic E-state index is 0.518. The van der Waals surface area contributed by atoms with Gasteiger partial charge in [0, 0.05) is 37.3 Å². The molecule has 1 aromatic heterocycles. The molecular formula is C25H37N5O2. The normalized spacial score (nSPS) is 17.3. The highest BCUT2D eigenvalue weighted by Gasteiger charge is 2.19. The number of aromatic nitrogens is 2. The van der Waals surface area contributed by atoms with Crippen molar-refractivity contribution in [2.24, 2.45) is 0 Å². The van der Waals surface area contributed by atoms with Crippen molar-refractivity contribution in [2.45, 2.75) is 57.3 Å². The van der Waals surface area contributed by atoms with Crippen molar-refractivity contribution in [3.63, 3.8) is 0 Å². The SMILES string of the molecule is CNc1cc(C2CCCCC2)nc(Nc2ccc(OC)c(OCCCN3CCCC3)c2)n1. The number of anilines is 3. The molecular weight excluding hydrogens is 402 g/mol. The maximum Gasteiger partial charge on any atom is 0.229 e. The van der Waals surface area contributed by atoms with E-state index < -0.39 is 0 Å². The molecule has 2 aliphatic rings. The van der Waals surface area contributed by atoms with Crippen LogP contribution in [-0.4, -0.2) is 55.3 Å². The lowest BCUT2D eigenvalue weighted by molar-refractivity contribution is 0.254. The summed E-state index contributed by atoms with van der Waals surface area (Å²) in [5.41, 5.74) is 2.02. The molecule has 1 aliphatic heterocycles. The summed E-state index contributed by atoms with van der Waals surface area (Å²) in [5, 5.41) is 6.56. The zero-order valence-corrected chi connectivity index (χ0v) is 19.5. The summed E-state index contributed by atoms with van der Waals surface area (Å²) >= 11 is 0. The van der Waals surface area contributed by atoms with Gasteiger partial charge in [0.05, 0.1) is 19.4 Å². The van der Waals surface area contributed by atoms with Gasteiger partial charge in [-0.3, -0.25) is 0 Å². The van der Waals surface area contributed by atoms with Gasteiger partial charge in [-0.1, -0.05) is 19.3 Å². The molecule has 2 fully saturated rings. The molecule has 32 heavy (non-hydrogen) atoms. The summed E-state index contributed by atoms with van der Waals surface area (Å²) in [7, 11) is 3.58. The lowest BCUT2D eigenvalue weighted by Gasteiger charge is -2.22. The molecule has 0 spiro atoms. The minimum Gasteiger partial charge on any atom is -0.493 e. The fourth-order valence-electron chi connectivity index (χ4n) is 4.73. The first-order valence-corrected chi connectivity index (χ1v) is 12.1. The second-order valence-electron chi connectivity index (χ2n) is 8.83. The Morgan fingerprint density at radius 3 is 2.56 bits per heavy atom. The maximum absolute atomic E-state index is 6.09. The molecule has 7 heteroatoms. The highest BCUT2D eigenvalue weighted by Crippen LogP contribution is 2.34. The van der Waals surface area contributed by atoms with Crippen LogP contribution >= 0.6 is 0 Å². The van der Waals surface area contributed by atoms with Crippen LogP contribution in [0, 0.1) is 0 Å². The van der Waals surface area contributed by atoms with E-state index in [0.29, 0.717) is 18.5 Å². The van der Waals surface area contributed by atoms with Crippen molar-refractivity contribution < 1.29 is 9.47 Å². The van der Waals surface area contributed by atoms with E-state index in [0.717, 1.165) is 41.7 Å². The van der Waals surface area contributed by atoms with Crippen LogP contribution < -0.4 is 20.1 Å². The van der Waals surface area contributed by atoms with Crippen molar-refractivity contribution >= 4 is 17.5 Å². The Bertz CT molecular complexity index is 863. The van der Waals surface area contributed by atoms with Gasteiger partial charge in [0.25, 0.3) is 0 Å². The van der Waals surface area contributed by atoms with Crippen LogP contribution in [0.1, 0.15) is 63.0 Å². The number of hydrogen-bond donors (Lipinski definition) is 2. The van der Waals surface area contributed by atoms with Gasteiger partial charge in [-0.15, -0.1) is 0 Å². The van der Waals surface area contributed by atoms with E-state index in [-0.39, 0.29) is 0 Å². The minimum atomic E-state index is 0.518. The van der Waals surface area contributed by atoms with Crippen molar-refractivity contribution in [3.8, 4) is 11.5 Å². The third kappa shape index (κ3) is 6.03. The van der Waals surface area contributed by atoms with Crippen LogP contribution in [0.4, 0.5) is 17.5 Å². The van der Waals surface area contributed by atoms with Gasteiger partial charge < -0.3 is 25.0 Å². The molecule has 0 radical (unpaired) electrons. The second-order valence-corrected chi connectivity index (χ2v) is 8.83. The molecule has 2 aromatic rings. The van der Waals surface area contributed by atoms with E-state index in [2.05, 4.69) is 26.6 Å². The summed E-state index contributed by atoms with van der Waals surface area (Å²) in [6, 6.07) is 7.97. The van der Waals surface area contributed by atoms with Crippen molar-refractivity contribution in [2.75, 3.05) is 51.0 Å². The van der Waals surface area contributed by atoms with Crippen LogP contribution in [0.3, 0.4) is 0 Å². The number of rotatable bonds is 10. The van der Waals surface area contributed by atoms with Gasteiger partial charge >= 0.3 is 0 Å². The fraction of sp³-hybridized carbons (Fsp3) is 0.600. The predicted octanol–water partition coefficient (Wildman–Crippen LogP) is 5.18. The lowest BCUT2D eigenvalue weighted by atomic mass is 9.87. The first kappa shape index (κ1) is 22.6. The third-order valence-corrected chi connectivity index (χ3v) is 6.52. The Balaban J connectivity index is 1.43. The van der Waals surface area contributed by atoms with Gasteiger partial charge in [0.1, 0.15) is 5.82 Å². The molecule has 0 unspecified atom stereocenters. The van der Waals surface area contributed by atoms with Gasteiger partial charge in [-0.25, -0.2) is 4.98 Å². The van der Waals surface area contributed by atoms with E-state index in [1.54, 1.807) is 7.11 Å². The van der Waals surface area contributed by atoms with Crippen LogP contribution in [0.15, 0.2) is 24.3 Å². The van der Waals surface area contributed by atoms with E-state index in [1.165, 1.54) is 58.0 Å². The number of nitrogens with zero attached hydrogens (tertiary/aromatic N) is 3. The Kier molecular flexibility index (Phi) is 8.04. The quantitative estimate of drug-likeness (QED) is 0.494. The maximum atomic E-state index is 6.09. The van der Waals surface area contributed by atoms with Crippen molar-refractivity contribution in [1.29, 1.82) is 0 Å². The van der Waals surface area contributed by atoms with E-state index in [4.69, 9.17) is 14.5 Å². The smallest absolute Gasteiger partial charge is 0.229 e. The van der Waals surface area contributed by atoms with E-state index in [9.17, 15) is 0 Å². The fourth-order valence-corrected chi connectivity index (χ4v) is 4.73. The third-order valence-electron chi connectivity index (χ3n) is 6.52. The number of methoxy groups -OCH3 is 1. The molecule has 1 saturated heterocycles. The molecule has 0 amide bonds. The van der Waals surface area contributed by atoms with Crippen molar-refractivity contribution in [1.82, 2.24) is 14.9 Å². The average Bonchev–Trinajstić information content (AvgIpc) is 3.36. The van der Waals surface area contributed by atoms with E-state index >= 15 is 0 Å². The molecule has 0 bridgehead atoms. The van der Waals surface area contributed by atoms with Crippen LogP contribution in [0.5, 0.6) is 11.5 Å². The molecule has 7 nitrogen and oxygen atoms in total. The molecule has 1 saturated carbocycles. The Morgan fingerprint density at radius 2 is 1.81 bits per heavy atom. The average molecular weight is 440 g/mol. The summed E-state index contributed by atoms with van der Waals surface area (Å²) in [5.74, 6) is 3.46. The lowest BCUT2D eigenvalue weighted by Crippen LogP contribution is -2.21. The van der Waals surface area contributed by atoms with Crippen LogP contribution in [0.2, 0.25) is 0 Å². The molecule has 1 aromatic carbocycles. The molecule has 2 heterocycles. The molecule has 174 valence electrons. The van der Waals surface area contributed by atoms with E-state index in [1.807, 2.05) is 25.2 Å². The summed E-state index contributed by atoms with van der Waals surface area (Å²) < 4.78 is 11.6.